The van der Waals surface area contributed by atoms with Crippen LogP contribution in [0.25, 0.3) is 10.9 Å². The van der Waals surface area contributed by atoms with Crippen LogP contribution >= 0.6 is 0 Å². The van der Waals surface area contributed by atoms with Crippen LogP contribution in [0, 0.1) is 40.8 Å². The van der Waals surface area contributed by atoms with Gasteiger partial charge >= 0.3 is 5.97 Å². The molecule has 6 rings (SSSR count). The molecule has 2 aromatic carbocycles. The van der Waals surface area contributed by atoms with Gasteiger partial charge in [-0.25, -0.2) is 4.39 Å². The standard InChI is InChI=1S/C33H37FN4O4/c1-20-12-28(42-2)25(23-6-10-36-29(20)23)18-38-11-9-32(14-21(15-32)17-35)16-27(38)24-5-4-22(13-26(24)34)30(39)37-19-33(31(40)41)7-3-8-33/h4-6,10,12-13,21,27,36H,3,7-9,11,14-16,18-19H2,1-2H3,(H,37,39)(H,40,41). The maximum atomic E-state index is 15.9. The van der Waals surface area contributed by atoms with E-state index in [9.17, 15) is 20.0 Å². The molecule has 2 aliphatic carbocycles. The number of fused-ring (bicyclic) bond motifs is 1. The number of carbonyl (C=O) groups excluding carboxylic acids is 1. The molecule has 0 radical (unpaired) electrons. The van der Waals surface area contributed by atoms with Crippen LogP contribution in [0.5, 0.6) is 5.75 Å². The Morgan fingerprint density at radius 1 is 1.21 bits per heavy atom. The highest BCUT2D eigenvalue weighted by molar-refractivity contribution is 5.94. The summed E-state index contributed by atoms with van der Waals surface area (Å²) in [6, 6.07) is 10.9. The average Bonchev–Trinajstić information content (AvgIpc) is 3.43. The van der Waals surface area contributed by atoms with Crippen LogP contribution in [0.1, 0.15) is 78.0 Å². The highest BCUT2D eigenvalue weighted by Gasteiger charge is 2.49. The van der Waals surface area contributed by atoms with Crippen molar-refractivity contribution in [2.24, 2.45) is 16.7 Å². The molecule has 1 unspecified atom stereocenters. The molecule has 9 heteroatoms. The summed E-state index contributed by atoms with van der Waals surface area (Å²) in [5.41, 5.74) is 2.99. The molecule has 2 heterocycles. The largest absolute Gasteiger partial charge is 0.496 e. The molecule has 1 aliphatic heterocycles. The topological polar surface area (TPSA) is 118 Å². The van der Waals surface area contributed by atoms with Crippen LogP contribution in [0.4, 0.5) is 4.39 Å². The van der Waals surface area contributed by atoms with E-state index < -0.39 is 23.1 Å². The molecule has 3 aromatic rings. The van der Waals surface area contributed by atoms with Gasteiger partial charge in [0.2, 0.25) is 0 Å². The molecule has 8 nitrogen and oxygen atoms in total. The Bertz CT molecular complexity index is 1580. The number of piperidine rings is 1. The molecule has 1 atom stereocenters. The molecule has 1 spiro atoms. The van der Waals surface area contributed by atoms with Crippen molar-refractivity contribution in [2.45, 2.75) is 64.5 Å². The van der Waals surface area contributed by atoms with Crippen LogP contribution in [0.3, 0.4) is 0 Å². The van der Waals surface area contributed by atoms with Gasteiger partial charge in [-0.2, -0.15) is 5.26 Å². The lowest BCUT2D eigenvalue weighted by Gasteiger charge is -2.53. The number of aliphatic carboxylic acids is 1. The number of ether oxygens (including phenoxy) is 1. The number of nitrogens with one attached hydrogen (secondary N) is 2. The second-order valence-electron chi connectivity index (χ2n) is 12.7. The first kappa shape index (κ1) is 28.2. The van der Waals surface area contributed by atoms with Crippen molar-refractivity contribution in [3.8, 4) is 11.8 Å². The third kappa shape index (κ3) is 4.82. The van der Waals surface area contributed by atoms with E-state index in [4.69, 9.17) is 4.74 Å². The number of aryl methyl sites for hydroxylation is 1. The molecule has 0 bridgehead atoms. The number of H-pyrrole nitrogens is 1. The predicted octanol–water partition coefficient (Wildman–Crippen LogP) is 5.87. The Hall–Kier alpha value is -3.90. The van der Waals surface area contributed by atoms with Crippen LogP contribution in [0.15, 0.2) is 36.5 Å². The number of rotatable bonds is 8. The molecule has 1 aromatic heterocycles. The number of nitrogens with zero attached hydrogens (tertiary/aromatic N) is 2. The van der Waals surface area contributed by atoms with Crippen molar-refractivity contribution >= 4 is 22.8 Å². The molecule has 2 saturated carbocycles. The van der Waals surface area contributed by atoms with Gasteiger partial charge in [-0.1, -0.05) is 12.5 Å². The minimum absolute atomic E-state index is 0.0126. The van der Waals surface area contributed by atoms with Crippen LogP contribution in [0.2, 0.25) is 0 Å². The SMILES string of the molecule is COc1cc(C)c2[nH]ccc2c1CN1CCC2(CC(C#N)C2)CC1c1ccc(C(=O)NCC2(C(=O)O)CCC2)cc1F. The number of nitriles is 1. The maximum absolute atomic E-state index is 15.9. The summed E-state index contributed by atoms with van der Waals surface area (Å²) in [6.07, 6.45) is 7.15. The van der Waals surface area contributed by atoms with Crippen LogP contribution in [-0.4, -0.2) is 47.1 Å². The molecule has 1 saturated heterocycles. The molecule has 3 aliphatic rings. The zero-order valence-electron chi connectivity index (χ0n) is 24.1. The molecular weight excluding hydrogens is 535 g/mol. The van der Waals surface area contributed by atoms with Gasteiger partial charge < -0.3 is 20.1 Å². The number of hydrogen-bond donors (Lipinski definition) is 3. The van der Waals surface area contributed by atoms with Gasteiger partial charge in [0.1, 0.15) is 11.6 Å². The van der Waals surface area contributed by atoms with E-state index in [1.165, 1.54) is 6.07 Å². The quantitative estimate of drug-likeness (QED) is 0.311. The Morgan fingerprint density at radius 2 is 2.00 bits per heavy atom. The third-order valence-corrected chi connectivity index (χ3v) is 10.2. The molecule has 220 valence electrons. The predicted molar refractivity (Wildman–Crippen MR) is 155 cm³/mol. The van der Waals surface area contributed by atoms with E-state index in [-0.39, 0.29) is 29.5 Å². The van der Waals surface area contributed by atoms with E-state index in [1.54, 1.807) is 19.2 Å². The number of hydrogen-bond acceptors (Lipinski definition) is 5. The van der Waals surface area contributed by atoms with Crippen molar-refractivity contribution in [2.75, 3.05) is 20.2 Å². The lowest BCUT2D eigenvalue weighted by molar-refractivity contribution is -0.153. The summed E-state index contributed by atoms with van der Waals surface area (Å²) < 4.78 is 21.7. The minimum Gasteiger partial charge on any atom is -0.496 e. The van der Waals surface area contributed by atoms with E-state index >= 15 is 4.39 Å². The second kappa shape index (κ2) is 10.7. The highest BCUT2D eigenvalue weighted by Crippen LogP contribution is 2.57. The maximum Gasteiger partial charge on any atom is 0.311 e. The summed E-state index contributed by atoms with van der Waals surface area (Å²) in [5.74, 6) is -0.983. The average molecular weight is 573 g/mol. The normalized spacial score (nSPS) is 24.9. The van der Waals surface area contributed by atoms with Gasteiger partial charge in [0.05, 0.1) is 18.6 Å². The number of carboxylic acid groups (broad SMARTS) is 1. The lowest BCUT2D eigenvalue weighted by atomic mass is 9.56. The van der Waals surface area contributed by atoms with Gasteiger partial charge in [-0.3, -0.25) is 14.5 Å². The zero-order valence-corrected chi connectivity index (χ0v) is 24.1. The van der Waals surface area contributed by atoms with Crippen LogP contribution < -0.4 is 10.1 Å². The smallest absolute Gasteiger partial charge is 0.311 e. The van der Waals surface area contributed by atoms with Crippen molar-refractivity contribution in [3.05, 3.63) is 64.6 Å². The van der Waals surface area contributed by atoms with Crippen molar-refractivity contribution in [3.63, 3.8) is 0 Å². The van der Waals surface area contributed by atoms with E-state index in [2.05, 4.69) is 27.3 Å². The van der Waals surface area contributed by atoms with Crippen LogP contribution in [-0.2, 0) is 11.3 Å². The first-order chi connectivity index (χ1) is 20.2. The minimum atomic E-state index is -0.920. The Balaban J connectivity index is 1.28. The molecule has 3 N–H and O–H groups in total. The fourth-order valence-electron chi connectivity index (χ4n) is 7.47. The number of halogens is 1. The summed E-state index contributed by atoms with van der Waals surface area (Å²) in [7, 11) is 1.67. The third-order valence-electron chi connectivity index (χ3n) is 10.2. The number of methoxy groups -OCH3 is 1. The fourth-order valence-corrected chi connectivity index (χ4v) is 7.47. The molecule has 1 amide bonds. The summed E-state index contributed by atoms with van der Waals surface area (Å²) in [4.78, 5) is 30.2. The lowest BCUT2D eigenvalue weighted by Crippen LogP contribution is -2.48. The number of amides is 1. The fraction of sp³-hybridized carbons (Fsp3) is 0.485. The summed E-state index contributed by atoms with van der Waals surface area (Å²) in [5, 5.41) is 22.8. The first-order valence-electron chi connectivity index (χ1n) is 14.8. The Labute approximate surface area is 244 Å². The van der Waals surface area contributed by atoms with Gasteiger partial charge in [0.25, 0.3) is 5.91 Å². The molecule has 3 fully saturated rings. The number of aromatic amines is 1. The number of likely N-dealkylation sites (tertiary alicyclic amines) is 1. The first-order valence-corrected chi connectivity index (χ1v) is 14.8. The van der Waals surface area contributed by atoms with Gasteiger partial charge in [-0.05, 0) is 87.2 Å². The summed E-state index contributed by atoms with van der Waals surface area (Å²) in [6.45, 7) is 3.40. The Kier molecular flexibility index (Phi) is 7.22. The van der Waals surface area contributed by atoms with Crippen molar-refractivity contribution in [1.29, 1.82) is 5.26 Å². The second-order valence-corrected chi connectivity index (χ2v) is 12.7. The number of benzene rings is 2. The number of aromatic nitrogens is 1. The van der Waals surface area contributed by atoms with E-state index in [1.807, 2.05) is 19.2 Å². The number of carbonyl (C=O) groups is 2. The Morgan fingerprint density at radius 3 is 2.64 bits per heavy atom. The van der Waals surface area contributed by atoms with E-state index in [0.29, 0.717) is 24.9 Å². The highest BCUT2D eigenvalue weighted by atomic mass is 19.1. The number of carboxylic acids is 1. The van der Waals surface area contributed by atoms with Gasteiger partial charge in [-0.15, -0.1) is 0 Å². The molecular formula is C33H37FN4O4. The zero-order chi connectivity index (χ0) is 29.6. The monoisotopic (exact) mass is 572 g/mol. The summed E-state index contributed by atoms with van der Waals surface area (Å²) >= 11 is 0. The van der Waals surface area contributed by atoms with Gasteiger partial charge in [0, 0.05) is 58.8 Å². The van der Waals surface area contributed by atoms with Gasteiger partial charge in [0.15, 0.2) is 0 Å². The van der Waals surface area contributed by atoms with Crippen molar-refractivity contribution < 1.29 is 23.8 Å². The molecule has 42 heavy (non-hydrogen) atoms. The van der Waals surface area contributed by atoms with E-state index in [0.717, 1.165) is 66.4 Å². The van der Waals surface area contributed by atoms with Crippen molar-refractivity contribution in [1.82, 2.24) is 15.2 Å².